The Morgan fingerprint density at radius 3 is 3.05 bits per heavy atom. The summed E-state index contributed by atoms with van der Waals surface area (Å²) >= 11 is 0. The van der Waals surface area contributed by atoms with E-state index in [1.54, 1.807) is 18.2 Å². The number of fused-ring (bicyclic) bond motifs is 2. The molecule has 3 heterocycles. The van der Waals surface area contributed by atoms with Gasteiger partial charge in [0.25, 0.3) is 0 Å². The minimum Gasteiger partial charge on any atom is -0.355 e. The Morgan fingerprint density at radius 1 is 1.36 bits per heavy atom. The normalized spacial score (nSPS) is 25.9. The predicted octanol–water partition coefficient (Wildman–Crippen LogP) is 1.80. The lowest BCUT2D eigenvalue weighted by molar-refractivity contribution is 0.254. The molecule has 2 atom stereocenters. The number of para-hydroxylation sites is 1. The first-order chi connectivity index (χ1) is 10.6. The molecule has 2 aliphatic rings. The van der Waals surface area contributed by atoms with E-state index < -0.39 is 0 Å². The summed E-state index contributed by atoms with van der Waals surface area (Å²) in [6.45, 7) is 3.95. The molecule has 1 N–H and O–H groups in total. The smallest absolute Gasteiger partial charge is 0.189 e. The van der Waals surface area contributed by atoms with Crippen LogP contribution in [-0.2, 0) is 6.54 Å². The van der Waals surface area contributed by atoms with E-state index >= 15 is 0 Å². The molecule has 1 aromatic carbocycles. The van der Waals surface area contributed by atoms with Gasteiger partial charge in [-0.2, -0.15) is 0 Å². The molecule has 5 heteroatoms. The van der Waals surface area contributed by atoms with E-state index in [9.17, 15) is 9.18 Å². The second kappa shape index (κ2) is 5.18. The van der Waals surface area contributed by atoms with E-state index in [1.807, 2.05) is 0 Å². The second-order valence-electron chi connectivity index (χ2n) is 6.61. The number of nitrogens with one attached hydrogen (secondary N) is 1. The van der Waals surface area contributed by atoms with Crippen molar-refractivity contribution in [2.45, 2.75) is 19.0 Å². The number of hydrogen-bond acceptors (Lipinski definition) is 3. The molecule has 0 bridgehead atoms. The fraction of sp³-hybridized carbons (Fsp3) is 0.471. The summed E-state index contributed by atoms with van der Waals surface area (Å²) in [4.78, 5) is 20.1. The third kappa shape index (κ3) is 2.25. The van der Waals surface area contributed by atoms with Crippen LogP contribution in [-0.4, -0.2) is 47.5 Å². The van der Waals surface area contributed by atoms with Crippen molar-refractivity contribution in [2.75, 3.05) is 26.7 Å². The molecule has 4 nitrogen and oxygen atoms in total. The van der Waals surface area contributed by atoms with Crippen LogP contribution in [0.1, 0.15) is 12.1 Å². The average Bonchev–Trinajstić information content (AvgIpc) is 3.02. The highest BCUT2D eigenvalue weighted by atomic mass is 19.1. The lowest BCUT2D eigenvalue weighted by atomic mass is 10.1. The zero-order chi connectivity index (χ0) is 15.3. The summed E-state index contributed by atoms with van der Waals surface area (Å²) in [6, 6.07) is 6.86. The molecule has 4 rings (SSSR count). The van der Waals surface area contributed by atoms with Crippen LogP contribution in [0.2, 0.25) is 0 Å². The first-order valence-electron chi connectivity index (χ1n) is 7.85. The van der Waals surface area contributed by atoms with Crippen molar-refractivity contribution in [3.8, 4) is 0 Å². The highest BCUT2D eigenvalue weighted by molar-refractivity contribution is 5.78. The van der Waals surface area contributed by atoms with Crippen molar-refractivity contribution in [3.05, 3.63) is 46.0 Å². The van der Waals surface area contributed by atoms with Gasteiger partial charge in [-0.1, -0.05) is 6.07 Å². The lowest BCUT2D eigenvalue weighted by Gasteiger charge is -2.20. The molecule has 0 aliphatic carbocycles. The van der Waals surface area contributed by atoms with Crippen LogP contribution < -0.4 is 5.43 Å². The quantitative estimate of drug-likeness (QED) is 0.919. The van der Waals surface area contributed by atoms with Crippen molar-refractivity contribution in [1.29, 1.82) is 0 Å². The van der Waals surface area contributed by atoms with Gasteiger partial charge in [0.1, 0.15) is 5.82 Å². The van der Waals surface area contributed by atoms with Crippen LogP contribution in [0.3, 0.4) is 0 Å². The molecule has 0 amide bonds. The molecule has 2 aromatic rings. The highest BCUT2D eigenvalue weighted by Crippen LogP contribution is 2.30. The van der Waals surface area contributed by atoms with Crippen LogP contribution in [0.15, 0.2) is 29.1 Å². The molecule has 0 spiro atoms. The Hall–Kier alpha value is -1.72. The van der Waals surface area contributed by atoms with Gasteiger partial charge in [-0.05, 0) is 38.1 Å². The number of aromatic nitrogens is 1. The van der Waals surface area contributed by atoms with Crippen LogP contribution in [0.25, 0.3) is 10.9 Å². The number of pyridine rings is 1. The van der Waals surface area contributed by atoms with Crippen molar-refractivity contribution in [2.24, 2.45) is 5.92 Å². The molecule has 2 fully saturated rings. The lowest BCUT2D eigenvalue weighted by Crippen LogP contribution is -2.32. The van der Waals surface area contributed by atoms with Gasteiger partial charge < -0.3 is 9.88 Å². The van der Waals surface area contributed by atoms with Crippen molar-refractivity contribution in [1.82, 2.24) is 14.8 Å². The predicted molar refractivity (Wildman–Crippen MR) is 84.3 cm³/mol. The zero-order valence-corrected chi connectivity index (χ0v) is 12.7. The Morgan fingerprint density at radius 2 is 2.23 bits per heavy atom. The molecular formula is C17H20FN3O. The Kier molecular flexibility index (Phi) is 3.27. The number of hydrogen-bond donors (Lipinski definition) is 1. The zero-order valence-electron chi connectivity index (χ0n) is 12.7. The third-order valence-electron chi connectivity index (χ3n) is 5.16. The van der Waals surface area contributed by atoms with Gasteiger partial charge in [0.05, 0.1) is 5.52 Å². The van der Waals surface area contributed by atoms with Crippen molar-refractivity contribution >= 4 is 10.9 Å². The number of H-pyrrole nitrogens is 1. The molecular weight excluding hydrogens is 281 g/mol. The average molecular weight is 301 g/mol. The maximum Gasteiger partial charge on any atom is 0.189 e. The van der Waals surface area contributed by atoms with E-state index in [1.165, 1.54) is 19.0 Å². The van der Waals surface area contributed by atoms with Gasteiger partial charge in [-0.15, -0.1) is 0 Å². The molecule has 22 heavy (non-hydrogen) atoms. The molecule has 116 valence electrons. The first kappa shape index (κ1) is 13.9. The number of likely N-dealkylation sites (tertiary alicyclic amines) is 2. The standard InChI is InChI=1S/C17H20FN3O/c1-20-6-5-11-8-21(10-15(11)20)9-12-7-16(22)13-3-2-4-14(18)17(13)19-12/h2-4,7,11,15H,5-6,8-10H2,1H3,(H,19,22)/t11-,15+/m1/s1. The van der Waals surface area contributed by atoms with Gasteiger partial charge in [-0.25, -0.2) is 4.39 Å². The number of benzene rings is 1. The van der Waals surface area contributed by atoms with Crippen LogP contribution in [0.4, 0.5) is 4.39 Å². The SMILES string of the molecule is CN1CC[C@@H]2CN(Cc3cc(=O)c4cccc(F)c4[nH]3)C[C@@H]21. The summed E-state index contributed by atoms with van der Waals surface area (Å²) in [5.74, 6) is 0.364. The Labute approximate surface area is 128 Å². The molecule has 2 saturated heterocycles. The van der Waals surface area contributed by atoms with Gasteiger partial charge in [0.15, 0.2) is 5.43 Å². The number of nitrogens with zero attached hydrogens (tertiary/aromatic N) is 2. The van der Waals surface area contributed by atoms with Crippen LogP contribution >= 0.6 is 0 Å². The van der Waals surface area contributed by atoms with Crippen LogP contribution in [0.5, 0.6) is 0 Å². The van der Waals surface area contributed by atoms with E-state index in [0.29, 0.717) is 23.5 Å². The number of likely N-dealkylation sites (N-methyl/N-ethyl adjacent to an activating group) is 1. The van der Waals surface area contributed by atoms with Gasteiger partial charge >= 0.3 is 0 Å². The fourth-order valence-corrected chi connectivity index (χ4v) is 4.00. The second-order valence-corrected chi connectivity index (χ2v) is 6.61. The third-order valence-corrected chi connectivity index (χ3v) is 5.16. The highest BCUT2D eigenvalue weighted by Gasteiger charge is 2.39. The maximum atomic E-state index is 13.9. The molecule has 0 saturated carbocycles. The van der Waals surface area contributed by atoms with Crippen molar-refractivity contribution < 1.29 is 4.39 Å². The number of aromatic amines is 1. The van der Waals surface area contributed by atoms with E-state index in [0.717, 1.165) is 24.7 Å². The monoisotopic (exact) mass is 301 g/mol. The topological polar surface area (TPSA) is 39.3 Å². The van der Waals surface area contributed by atoms with Crippen molar-refractivity contribution in [3.63, 3.8) is 0 Å². The van der Waals surface area contributed by atoms with Gasteiger partial charge in [0, 0.05) is 42.8 Å². The minimum absolute atomic E-state index is 0.111. The number of rotatable bonds is 2. The Balaban J connectivity index is 1.60. The largest absolute Gasteiger partial charge is 0.355 e. The maximum absolute atomic E-state index is 13.9. The van der Waals surface area contributed by atoms with E-state index in [4.69, 9.17) is 0 Å². The summed E-state index contributed by atoms with van der Waals surface area (Å²) < 4.78 is 13.9. The minimum atomic E-state index is -0.366. The summed E-state index contributed by atoms with van der Waals surface area (Å²) in [5, 5.41) is 0.418. The molecule has 0 radical (unpaired) electrons. The van der Waals surface area contributed by atoms with Gasteiger partial charge in [0.2, 0.25) is 0 Å². The summed E-state index contributed by atoms with van der Waals surface area (Å²) in [5.41, 5.74) is 1.01. The molecule has 2 aliphatic heterocycles. The van der Waals surface area contributed by atoms with Gasteiger partial charge in [-0.3, -0.25) is 9.69 Å². The molecule has 0 unspecified atom stereocenters. The molecule has 1 aromatic heterocycles. The number of halogens is 1. The summed E-state index contributed by atoms with van der Waals surface area (Å²) in [7, 11) is 2.18. The first-order valence-corrected chi connectivity index (χ1v) is 7.85. The van der Waals surface area contributed by atoms with Crippen LogP contribution in [0, 0.1) is 11.7 Å². The summed E-state index contributed by atoms with van der Waals surface area (Å²) in [6.07, 6.45) is 1.25. The van der Waals surface area contributed by atoms with E-state index in [2.05, 4.69) is 21.8 Å². The Bertz CT molecular complexity index is 772. The fourth-order valence-electron chi connectivity index (χ4n) is 4.00. The van der Waals surface area contributed by atoms with E-state index in [-0.39, 0.29) is 11.2 Å².